The predicted octanol–water partition coefficient (Wildman–Crippen LogP) is 18.9. The Hall–Kier alpha value is -13.4. The predicted molar refractivity (Wildman–Crippen MR) is 449 cm³/mol. The molecule has 20 nitrogen and oxygen atoms in total. The van der Waals surface area contributed by atoms with Crippen LogP contribution in [0.25, 0.3) is 89.5 Å². The molecule has 4 aliphatic rings. The smallest absolute Gasteiger partial charge is 0.0923 e. The number of aromatic amines is 8. The Bertz CT molecular complexity index is 5730. The van der Waals surface area contributed by atoms with Crippen LogP contribution in [0, 0.1) is 27.7 Å². The number of rotatable bonds is 16. The van der Waals surface area contributed by atoms with Crippen LogP contribution in [0.15, 0.2) is 244 Å². The van der Waals surface area contributed by atoms with Crippen molar-refractivity contribution in [3.05, 3.63) is 311 Å². The van der Waals surface area contributed by atoms with Crippen LogP contribution in [0.5, 0.6) is 0 Å². The van der Waals surface area contributed by atoms with Crippen LogP contribution in [0.2, 0.25) is 0 Å². The number of aryl methyl sites for hydroxylation is 8. The fraction of sp³-hybridized carbons (Fsp3) is 0.217. The molecule has 0 bridgehead atoms. The first-order valence-corrected chi connectivity index (χ1v) is 39.0. The van der Waals surface area contributed by atoms with Gasteiger partial charge in [0.1, 0.15) is 0 Å². The van der Waals surface area contributed by atoms with Gasteiger partial charge in [-0.05, 0) is 219 Å². The van der Waals surface area contributed by atoms with E-state index in [0.29, 0.717) is 0 Å². The maximum atomic E-state index is 4.41. The molecular weight excluding hydrogens is 1390 g/mol. The molecule has 560 valence electrons. The second-order valence-corrected chi connectivity index (χ2v) is 30.0. The summed E-state index contributed by atoms with van der Waals surface area (Å²) in [5, 5.41) is 57.3. The van der Waals surface area contributed by atoms with Gasteiger partial charge in [0.25, 0.3) is 0 Å². The quantitative estimate of drug-likeness (QED) is 0.0451. The van der Waals surface area contributed by atoms with Gasteiger partial charge in [-0.3, -0.25) is 40.8 Å². The Labute approximate surface area is 652 Å². The lowest BCUT2D eigenvalue weighted by Crippen LogP contribution is -2.28. The van der Waals surface area contributed by atoms with Gasteiger partial charge in [-0.25, -0.2) is 0 Å². The summed E-state index contributed by atoms with van der Waals surface area (Å²) in [5.74, 6) is 0. The minimum Gasteiger partial charge on any atom is -0.367 e. The normalized spacial score (nSPS) is 13.5. The van der Waals surface area contributed by atoms with Crippen molar-refractivity contribution < 1.29 is 0 Å². The highest BCUT2D eigenvalue weighted by Crippen LogP contribution is 2.38. The highest BCUT2D eigenvalue weighted by Gasteiger charge is 2.24. The van der Waals surface area contributed by atoms with Crippen LogP contribution < -0.4 is 19.6 Å². The zero-order chi connectivity index (χ0) is 75.7. The number of nitrogens with zero attached hydrogens (tertiary/aromatic N) is 12. The molecule has 8 aromatic heterocycles. The molecule has 12 heterocycles. The minimum atomic E-state index is 0.924. The number of hydrogen-bond donors (Lipinski definition) is 8. The molecule has 8 aromatic carbocycles. The molecule has 0 atom stereocenters. The third-order valence-corrected chi connectivity index (χ3v) is 21.8. The van der Waals surface area contributed by atoms with Crippen molar-refractivity contribution in [2.75, 3.05) is 45.8 Å². The molecule has 20 heteroatoms. The van der Waals surface area contributed by atoms with Crippen LogP contribution >= 0.6 is 0 Å². The monoisotopic (exact) mass is 1480 g/mol. The topological polar surface area (TPSA) is 242 Å². The van der Waals surface area contributed by atoms with Gasteiger partial charge >= 0.3 is 0 Å². The molecule has 4 aliphatic heterocycles. The van der Waals surface area contributed by atoms with Gasteiger partial charge in [0, 0.05) is 167 Å². The average Bonchev–Trinajstić information content (AvgIpc) is 1.07. The molecular formula is C92H92N20. The van der Waals surface area contributed by atoms with E-state index < -0.39 is 0 Å². The van der Waals surface area contributed by atoms with E-state index in [0.717, 1.165) is 157 Å². The van der Waals surface area contributed by atoms with E-state index in [-0.39, 0.29) is 0 Å². The highest BCUT2D eigenvalue weighted by atomic mass is 15.2. The number of aromatic nitrogens is 16. The summed E-state index contributed by atoms with van der Waals surface area (Å²) in [6.07, 6.45) is 24.5. The molecule has 0 fully saturated rings. The Morgan fingerprint density at radius 2 is 0.482 bits per heavy atom. The summed E-state index contributed by atoms with van der Waals surface area (Å²) in [6.45, 7) is 16.2. The van der Waals surface area contributed by atoms with Crippen molar-refractivity contribution in [1.82, 2.24) is 81.6 Å². The maximum absolute atomic E-state index is 4.41. The number of anilines is 4. The van der Waals surface area contributed by atoms with E-state index in [9.17, 15) is 0 Å². The number of hydrogen-bond acceptors (Lipinski definition) is 12. The first-order valence-electron chi connectivity index (χ1n) is 39.0. The number of fused-ring (bicyclic) bond motifs is 4. The SMILES string of the molecule is Cc1cc(-c2ccc(CN3CCCc4cc(-c5cc(C)[nH]n5)ccc43)cc2)n[nH]1.Cc1cc(-c2ccc(CN3CCCc4cc(-c5cn[nH]c5)ccc43)cc2)n[nH]1.Cc1cc(-c2ccc3c(c2)CCCN3Cc2ccc(-c3cn[nH]c3)cc2)n[nH]1.c1cc(-c2cn[nH]c2)ccc1CN1CCCc2cc(-c3cn[nH]c3)ccc21. The molecule has 0 saturated heterocycles. The molecule has 0 aliphatic carbocycles. The Kier molecular flexibility index (Phi) is 21.0. The van der Waals surface area contributed by atoms with Crippen LogP contribution in [0.4, 0.5) is 22.7 Å². The highest BCUT2D eigenvalue weighted by molar-refractivity contribution is 5.74. The lowest BCUT2D eigenvalue weighted by atomic mass is 9.96. The van der Waals surface area contributed by atoms with Crippen LogP contribution in [-0.2, 0) is 51.9 Å². The fourth-order valence-corrected chi connectivity index (χ4v) is 16.0. The third kappa shape index (κ3) is 16.6. The zero-order valence-corrected chi connectivity index (χ0v) is 63.8. The maximum Gasteiger partial charge on any atom is 0.0923 e. The lowest BCUT2D eigenvalue weighted by molar-refractivity contribution is 0.691. The van der Waals surface area contributed by atoms with E-state index in [2.05, 4.69) is 295 Å². The van der Waals surface area contributed by atoms with Crippen LogP contribution in [-0.4, -0.2) is 108 Å². The van der Waals surface area contributed by atoms with Gasteiger partial charge in [-0.1, -0.05) is 121 Å². The van der Waals surface area contributed by atoms with Crippen molar-refractivity contribution in [3.63, 3.8) is 0 Å². The van der Waals surface area contributed by atoms with Gasteiger partial charge in [0.2, 0.25) is 0 Å². The second-order valence-electron chi connectivity index (χ2n) is 30.0. The standard InChI is InChI=1S/C24H25N5.2C23H23N5.C22H21N5/c1-16-12-22(27-25-16)19-7-5-18(6-8-19)15-29-11-3-4-21-14-20(9-10-24(21)29)23-13-17(2)26-28-23;1-16-11-22(27-26-16)18-6-4-17(5-7-18)15-28-10-2-3-20-12-19(8-9-23(20)28)21-13-24-25-14-21;1-16-11-22(27-26-16)19-8-9-23-20(12-19)3-2-10-28(23)15-17-4-6-18(7-5-17)21-13-24-25-14-21;1-2-19-10-18(21-13-25-26-14-21)7-8-22(19)27(9-1)15-16-3-5-17(6-4-16)20-11-23-24-12-20/h5-10,12-14H,3-4,11,15H2,1-2H3,(H,25,27)(H,26,28);2*4-9,11-14H,2-3,10,15H2,1H3,(H,24,25)(H,26,27);3-8,10-14H,1-2,9,15H2,(H,23,24)(H,25,26). The van der Waals surface area contributed by atoms with E-state index in [1.165, 1.54) is 126 Å². The molecule has 0 radical (unpaired) electrons. The second kappa shape index (κ2) is 32.8. The summed E-state index contributed by atoms with van der Waals surface area (Å²) < 4.78 is 0. The van der Waals surface area contributed by atoms with Crippen molar-refractivity contribution in [1.29, 1.82) is 0 Å². The van der Waals surface area contributed by atoms with Crippen molar-refractivity contribution >= 4 is 22.7 Å². The molecule has 112 heavy (non-hydrogen) atoms. The van der Waals surface area contributed by atoms with Crippen LogP contribution in [0.1, 0.15) is 93.0 Å². The summed E-state index contributed by atoms with van der Waals surface area (Å²) >= 11 is 0. The molecule has 0 saturated carbocycles. The third-order valence-electron chi connectivity index (χ3n) is 21.8. The van der Waals surface area contributed by atoms with E-state index >= 15 is 0 Å². The Balaban J connectivity index is 0.000000108. The molecule has 0 unspecified atom stereocenters. The molecule has 0 amide bonds. The van der Waals surface area contributed by atoms with Gasteiger partial charge in [0.05, 0.1) is 47.6 Å². The number of H-pyrrole nitrogens is 8. The molecule has 16 aromatic rings. The van der Waals surface area contributed by atoms with E-state index in [4.69, 9.17) is 0 Å². The molecule has 0 spiro atoms. The number of nitrogens with one attached hydrogen (secondary N) is 8. The minimum absolute atomic E-state index is 0.924. The summed E-state index contributed by atoms with van der Waals surface area (Å²) in [4.78, 5) is 9.97. The summed E-state index contributed by atoms with van der Waals surface area (Å²) in [5.41, 5.74) is 38.8. The first kappa shape index (κ1) is 71.6. The van der Waals surface area contributed by atoms with Gasteiger partial charge in [-0.15, -0.1) is 0 Å². The van der Waals surface area contributed by atoms with Gasteiger partial charge in [-0.2, -0.15) is 40.8 Å². The van der Waals surface area contributed by atoms with Gasteiger partial charge in [0.15, 0.2) is 0 Å². The van der Waals surface area contributed by atoms with Crippen molar-refractivity contribution in [2.45, 2.75) is 105 Å². The van der Waals surface area contributed by atoms with Gasteiger partial charge < -0.3 is 19.6 Å². The Morgan fingerprint density at radius 1 is 0.250 bits per heavy atom. The lowest BCUT2D eigenvalue weighted by Gasteiger charge is -2.32. The summed E-state index contributed by atoms with van der Waals surface area (Å²) in [7, 11) is 0. The average molecular weight is 1480 g/mol. The molecule has 8 N–H and O–H groups in total. The van der Waals surface area contributed by atoms with E-state index in [1.807, 2.05) is 77.3 Å². The fourth-order valence-electron chi connectivity index (χ4n) is 16.0. The zero-order valence-electron chi connectivity index (χ0n) is 63.8. The number of benzene rings is 8. The van der Waals surface area contributed by atoms with Crippen molar-refractivity contribution in [3.8, 4) is 89.5 Å². The Morgan fingerprint density at radius 3 is 0.732 bits per heavy atom. The van der Waals surface area contributed by atoms with E-state index in [1.54, 1.807) is 0 Å². The largest absolute Gasteiger partial charge is 0.367 e. The van der Waals surface area contributed by atoms with Crippen LogP contribution in [0.3, 0.4) is 0 Å². The first-order chi connectivity index (χ1) is 55.0. The molecule has 20 rings (SSSR count). The van der Waals surface area contributed by atoms with Crippen molar-refractivity contribution in [2.24, 2.45) is 0 Å². The summed E-state index contributed by atoms with van der Waals surface area (Å²) in [6, 6.07) is 70.5.